The zero-order chi connectivity index (χ0) is 18.7. The number of amides is 1. The summed E-state index contributed by atoms with van der Waals surface area (Å²) in [5.74, 6) is 0.297. The van der Waals surface area contributed by atoms with E-state index in [1.165, 1.54) is 0 Å². The van der Waals surface area contributed by atoms with E-state index in [2.05, 4.69) is 20.6 Å². The summed E-state index contributed by atoms with van der Waals surface area (Å²) in [5, 5.41) is 6.61. The van der Waals surface area contributed by atoms with Crippen molar-refractivity contribution in [2.24, 2.45) is 0 Å². The Labute approximate surface area is 157 Å². The molecule has 1 aromatic heterocycles. The highest BCUT2D eigenvalue weighted by atomic mass is 35.5. The monoisotopic (exact) mass is 366 g/mol. The Kier molecular flexibility index (Phi) is 5.19. The summed E-state index contributed by atoms with van der Waals surface area (Å²) in [6.45, 7) is 5.75. The molecule has 5 nitrogen and oxygen atoms in total. The van der Waals surface area contributed by atoms with Crippen LogP contribution in [0.1, 0.15) is 27.3 Å². The molecule has 26 heavy (non-hydrogen) atoms. The zero-order valence-electron chi connectivity index (χ0n) is 14.8. The molecular weight excluding hydrogens is 348 g/mol. The van der Waals surface area contributed by atoms with E-state index in [0.29, 0.717) is 22.2 Å². The van der Waals surface area contributed by atoms with Gasteiger partial charge in [0.25, 0.3) is 5.91 Å². The van der Waals surface area contributed by atoms with E-state index in [1.54, 1.807) is 24.3 Å². The number of aryl methyl sites for hydroxylation is 3. The van der Waals surface area contributed by atoms with E-state index in [-0.39, 0.29) is 5.91 Å². The summed E-state index contributed by atoms with van der Waals surface area (Å²) in [6.07, 6.45) is 0. The minimum absolute atomic E-state index is 0.208. The molecule has 0 saturated heterocycles. The number of carbonyl (C=O) groups excluding carboxylic acids is 1. The van der Waals surface area contributed by atoms with Gasteiger partial charge in [-0.05, 0) is 62.7 Å². The maximum atomic E-state index is 12.6. The lowest BCUT2D eigenvalue weighted by molar-refractivity contribution is 0.102. The fraction of sp³-hybridized carbons (Fsp3) is 0.150. The lowest BCUT2D eigenvalue weighted by Crippen LogP contribution is -2.13. The summed E-state index contributed by atoms with van der Waals surface area (Å²) in [7, 11) is 0. The Bertz CT molecular complexity index is 952. The second-order valence-corrected chi connectivity index (χ2v) is 6.53. The van der Waals surface area contributed by atoms with Crippen LogP contribution in [-0.4, -0.2) is 15.9 Å². The van der Waals surface area contributed by atoms with Gasteiger partial charge in [0.2, 0.25) is 5.95 Å². The summed E-state index contributed by atoms with van der Waals surface area (Å²) in [5.41, 5.74) is 4.67. The van der Waals surface area contributed by atoms with Crippen LogP contribution < -0.4 is 10.6 Å². The van der Waals surface area contributed by atoms with Crippen molar-refractivity contribution in [2.45, 2.75) is 20.8 Å². The van der Waals surface area contributed by atoms with Crippen LogP contribution in [0.3, 0.4) is 0 Å². The van der Waals surface area contributed by atoms with Crippen LogP contribution in [0.15, 0.2) is 48.5 Å². The molecule has 0 aliphatic rings. The number of halogens is 1. The van der Waals surface area contributed by atoms with Gasteiger partial charge in [-0.2, -0.15) is 0 Å². The van der Waals surface area contributed by atoms with E-state index in [0.717, 1.165) is 22.6 Å². The molecule has 132 valence electrons. The third-order valence-corrected chi connectivity index (χ3v) is 4.05. The van der Waals surface area contributed by atoms with Gasteiger partial charge in [-0.15, -0.1) is 0 Å². The Morgan fingerprint density at radius 3 is 2.42 bits per heavy atom. The van der Waals surface area contributed by atoms with Crippen molar-refractivity contribution in [3.8, 4) is 0 Å². The highest BCUT2D eigenvalue weighted by Gasteiger charge is 2.10. The number of carbonyl (C=O) groups is 1. The maximum absolute atomic E-state index is 12.6. The Morgan fingerprint density at radius 2 is 1.69 bits per heavy atom. The minimum Gasteiger partial charge on any atom is -0.324 e. The van der Waals surface area contributed by atoms with Crippen LogP contribution in [0.2, 0.25) is 5.02 Å². The molecule has 0 saturated carbocycles. The van der Waals surface area contributed by atoms with Gasteiger partial charge in [0.05, 0.1) is 0 Å². The maximum Gasteiger partial charge on any atom is 0.255 e. The van der Waals surface area contributed by atoms with Crippen LogP contribution in [0.25, 0.3) is 0 Å². The van der Waals surface area contributed by atoms with Crippen molar-refractivity contribution in [3.63, 3.8) is 0 Å². The number of hydrogen-bond donors (Lipinski definition) is 2. The molecule has 2 N–H and O–H groups in total. The molecule has 0 atom stereocenters. The van der Waals surface area contributed by atoms with Crippen molar-refractivity contribution in [1.82, 2.24) is 9.97 Å². The van der Waals surface area contributed by atoms with Gasteiger partial charge in [-0.1, -0.05) is 23.7 Å². The van der Waals surface area contributed by atoms with E-state index < -0.39 is 0 Å². The van der Waals surface area contributed by atoms with Gasteiger partial charge in [-0.3, -0.25) is 4.79 Å². The van der Waals surface area contributed by atoms with E-state index >= 15 is 0 Å². The Balaban J connectivity index is 1.80. The second kappa shape index (κ2) is 7.54. The third-order valence-electron chi connectivity index (χ3n) is 3.81. The van der Waals surface area contributed by atoms with Crippen molar-refractivity contribution >= 4 is 34.8 Å². The lowest BCUT2D eigenvalue weighted by atomic mass is 10.1. The Hall–Kier alpha value is -2.92. The first-order valence-corrected chi connectivity index (χ1v) is 8.55. The predicted molar refractivity (Wildman–Crippen MR) is 105 cm³/mol. The van der Waals surface area contributed by atoms with Gasteiger partial charge in [-0.25, -0.2) is 9.97 Å². The van der Waals surface area contributed by atoms with Gasteiger partial charge < -0.3 is 10.6 Å². The Morgan fingerprint density at radius 1 is 0.962 bits per heavy atom. The molecule has 0 unspecified atom stereocenters. The molecular formula is C20H19ClN4O. The first-order chi connectivity index (χ1) is 12.4. The predicted octanol–water partition coefficient (Wildman–Crippen LogP) is 5.05. The van der Waals surface area contributed by atoms with Crippen molar-refractivity contribution in [2.75, 3.05) is 10.6 Å². The minimum atomic E-state index is -0.208. The normalized spacial score (nSPS) is 10.5. The molecule has 3 aromatic rings. The first-order valence-electron chi connectivity index (χ1n) is 8.17. The number of nitrogens with zero attached hydrogens (tertiary/aromatic N) is 2. The van der Waals surface area contributed by atoms with Crippen LogP contribution in [0.4, 0.5) is 17.3 Å². The fourth-order valence-corrected chi connectivity index (χ4v) is 2.74. The lowest BCUT2D eigenvalue weighted by Gasteiger charge is -2.11. The highest BCUT2D eigenvalue weighted by Crippen LogP contribution is 2.22. The fourth-order valence-electron chi connectivity index (χ4n) is 2.57. The summed E-state index contributed by atoms with van der Waals surface area (Å²) < 4.78 is 0. The third kappa shape index (κ3) is 4.37. The number of nitrogens with one attached hydrogen (secondary N) is 2. The summed E-state index contributed by atoms with van der Waals surface area (Å²) >= 11 is 6.01. The molecule has 3 rings (SSSR count). The second-order valence-electron chi connectivity index (χ2n) is 6.09. The van der Waals surface area contributed by atoms with Crippen LogP contribution in [0, 0.1) is 20.8 Å². The molecule has 0 aliphatic carbocycles. The molecule has 1 heterocycles. The number of rotatable bonds is 4. The number of aromatic nitrogens is 2. The molecule has 0 aliphatic heterocycles. The zero-order valence-corrected chi connectivity index (χ0v) is 15.6. The number of benzene rings is 2. The first kappa shape index (κ1) is 17.9. The number of anilines is 3. The SMILES string of the molecule is Cc1cc(C)nc(Nc2cccc(C(=O)Nc3cc(Cl)ccc3C)c2)n1. The van der Waals surface area contributed by atoms with E-state index in [9.17, 15) is 4.79 Å². The van der Waals surface area contributed by atoms with Crippen LogP contribution >= 0.6 is 11.6 Å². The molecule has 1 amide bonds. The molecule has 2 aromatic carbocycles. The smallest absolute Gasteiger partial charge is 0.255 e. The highest BCUT2D eigenvalue weighted by molar-refractivity contribution is 6.31. The average Bonchev–Trinajstić information content (AvgIpc) is 2.57. The molecule has 0 bridgehead atoms. The summed E-state index contributed by atoms with van der Waals surface area (Å²) in [4.78, 5) is 21.3. The standard InChI is InChI=1S/C20H19ClN4O/c1-12-7-8-16(21)11-18(12)25-19(26)15-5-4-6-17(10-15)24-20-22-13(2)9-14(3)23-20/h4-11H,1-3H3,(H,25,26)(H,22,23,24). The molecule has 0 spiro atoms. The van der Waals surface area contributed by atoms with Gasteiger partial charge in [0.1, 0.15) is 0 Å². The van der Waals surface area contributed by atoms with E-state index in [4.69, 9.17) is 11.6 Å². The van der Waals surface area contributed by atoms with Gasteiger partial charge in [0.15, 0.2) is 0 Å². The van der Waals surface area contributed by atoms with Crippen molar-refractivity contribution in [3.05, 3.63) is 76.1 Å². The largest absolute Gasteiger partial charge is 0.324 e. The molecule has 0 fully saturated rings. The van der Waals surface area contributed by atoms with Gasteiger partial charge in [0, 0.05) is 33.3 Å². The number of hydrogen-bond acceptors (Lipinski definition) is 4. The van der Waals surface area contributed by atoms with Gasteiger partial charge >= 0.3 is 0 Å². The average molecular weight is 367 g/mol. The molecule has 0 radical (unpaired) electrons. The van der Waals surface area contributed by atoms with Crippen molar-refractivity contribution < 1.29 is 4.79 Å². The van der Waals surface area contributed by atoms with Crippen LogP contribution in [0.5, 0.6) is 0 Å². The van der Waals surface area contributed by atoms with E-state index in [1.807, 2.05) is 45.0 Å². The molecule has 6 heteroatoms. The topological polar surface area (TPSA) is 66.9 Å². The summed E-state index contributed by atoms with van der Waals surface area (Å²) in [6, 6.07) is 14.5. The quantitative estimate of drug-likeness (QED) is 0.678. The van der Waals surface area contributed by atoms with Crippen molar-refractivity contribution in [1.29, 1.82) is 0 Å². The van der Waals surface area contributed by atoms with Crippen LogP contribution in [-0.2, 0) is 0 Å².